The highest BCUT2D eigenvalue weighted by Crippen LogP contribution is 2.25. The molecule has 0 spiro atoms. The fraction of sp³-hybridized carbons (Fsp3) is 0.214. The number of methoxy groups -OCH3 is 3. The number of hydrogen-bond donors (Lipinski definition) is 1. The molecule has 0 saturated carbocycles. The summed E-state index contributed by atoms with van der Waals surface area (Å²) in [5, 5.41) is 6.57. The zero-order valence-corrected chi connectivity index (χ0v) is 12.3. The Kier molecular flexibility index (Phi) is 4.62. The Hall–Kier alpha value is -3.03. The summed E-state index contributed by atoms with van der Waals surface area (Å²) in [6.45, 7) is 0. The van der Waals surface area contributed by atoms with Gasteiger partial charge in [-0.3, -0.25) is 5.32 Å². The van der Waals surface area contributed by atoms with Crippen LogP contribution in [0.4, 0.5) is 10.6 Å². The summed E-state index contributed by atoms with van der Waals surface area (Å²) in [4.78, 5) is 23.2. The molecule has 0 bridgehead atoms. The second-order valence-electron chi connectivity index (χ2n) is 4.11. The standard InChI is InChI=1S/C14H15N3O5/c1-20-11-7-5-4-6-9(11)17-10(13(18)21-2)8-12(16-17)15-14(19)22-3/h4-8H,1-3H3,(H,15,16,19). The number of carbonyl (C=O) groups excluding carboxylic acids is 2. The van der Waals surface area contributed by atoms with E-state index in [-0.39, 0.29) is 11.5 Å². The van der Waals surface area contributed by atoms with Crippen molar-refractivity contribution in [3.05, 3.63) is 36.0 Å². The summed E-state index contributed by atoms with van der Waals surface area (Å²) in [7, 11) is 4.00. The van der Waals surface area contributed by atoms with E-state index in [0.717, 1.165) is 0 Å². The first-order valence-corrected chi connectivity index (χ1v) is 6.27. The summed E-state index contributed by atoms with van der Waals surface area (Å²) in [6.07, 6.45) is -0.693. The number of ether oxygens (including phenoxy) is 3. The van der Waals surface area contributed by atoms with Gasteiger partial charge in [-0.2, -0.15) is 0 Å². The minimum Gasteiger partial charge on any atom is -0.494 e. The van der Waals surface area contributed by atoms with Gasteiger partial charge in [0.05, 0.1) is 21.3 Å². The predicted molar refractivity (Wildman–Crippen MR) is 77.5 cm³/mol. The summed E-state index contributed by atoms with van der Waals surface area (Å²) < 4.78 is 15.8. The molecule has 2 aromatic rings. The van der Waals surface area contributed by atoms with Crippen LogP contribution in [0.2, 0.25) is 0 Å². The molecular formula is C14H15N3O5. The molecule has 116 valence electrons. The third-order valence-electron chi connectivity index (χ3n) is 2.83. The lowest BCUT2D eigenvalue weighted by Gasteiger charge is -2.10. The zero-order chi connectivity index (χ0) is 16.1. The number of aromatic nitrogens is 2. The van der Waals surface area contributed by atoms with Crippen LogP contribution in [0.3, 0.4) is 0 Å². The predicted octanol–water partition coefficient (Wildman–Crippen LogP) is 1.85. The normalized spacial score (nSPS) is 9.95. The van der Waals surface area contributed by atoms with Crippen molar-refractivity contribution in [2.75, 3.05) is 26.6 Å². The van der Waals surface area contributed by atoms with Gasteiger partial charge in [0, 0.05) is 6.07 Å². The second-order valence-corrected chi connectivity index (χ2v) is 4.11. The Labute approximate surface area is 126 Å². The third kappa shape index (κ3) is 3.00. The number of anilines is 1. The molecule has 0 aliphatic rings. The lowest BCUT2D eigenvalue weighted by atomic mass is 10.3. The summed E-state index contributed by atoms with van der Waals surface area (Å²) >= 11 is 0. The third-order valence-corrected chi connectivity index (χ3v) is 2.83. The van der Waals surface area contributed by atoms with Crippen LogP contribution in [-0.2, 0) is 9.47 Å². The maximum atomic E-state index is 11.9. The number of benzene rings is 1. The molecule has 0 fully saturated rings. The van der Waals surface area contributed by atoms with Crippen LogP contribution in [0.15, 0.2) is 30.3 Å². The van der Waals surface area contributed by atoms with Gasteiger partial charge in [0.1, 0.15) is 11.4 Å². The maximum Gasteiger partial charge on any atom is 0.412 e. The first-order valence-electron chi connectivity index (χ1n) is 6.27. The van der Waals surface area contributed by atoms with Gasteiger partial charge in [0.2, 0.25) is 0 Å². The molecule has 1 heterocycles. The average Bonchev–Trinajstić information content (AvgIpc) is 2.97. The van der Waals surface area contributed by atoms with Gasteiger partial charge >= 0.3 is 12.1 Å². The van der Waals surface area contributed by atoms with Crippen LogP contribution in [0.5, 0.6) is 5.75 Å². The topological polar surface area (TPSA) is 91.7 Å². The van der Waals surface area contributed by atoms with E-state index in [1.54, 1.807) is 24.3 Å². The zero-order valence-electron chi connectivity index (χ0n) is 12.3. The van der Waals surface area contributed by atoms with Gasteiger partial charge < -0.3 is 14.2 Å². The number of para-hydroxylation sites is 2. The number of nitrogens with one attached hydrogen (secondary N) is 1. The van der Waals surface area contributed by atoms with Gasteiger partial charge in [-0.25, -0.2) is 14.3 Å². The molecule has 2 rings (SSSR count). The monoisotopic (exact) mass is 305 g/mol. The molecule has 1 amide bonds. The largest absolute Gasteiger partial charge is 0.494 e. The molecule has 1 N–H and O–H groups in total. The Balaban J connectivity index is 2.53. The molecule has 0 radical (unpaired) electrons. The second kappa shape index (κ2) is 6.61. The molecule has 0 atom stereocenters. The maximum absolute atomic E-state index is 11.9. The smallest absolute Gasteiger partial charge is 0.412 e. The first-order chi connectivity index (χ1) is 10.6. The lowest BCUT2D eigenvalue weighted by Crippen LogP contribution is -2.12. The van der Waals surface area contributed by atoms with Crippen molar-refractivity contribution in [1.82, 2.24) is 9.78 Å². The molecular weight excluding hydrogens is 290 g/mol. The molecule has 1 aromatic carbocycles. The van der Waals surface area contributed by atoms with Crippen LogP contribution in [0.25, 0.3) is 5.69 Å². The van der Waals surface area contributed by atoms with Crippen LogP contribution in [0, 0.1) is 0 Å². The number of hydrogen-bond acceptors (Lipinski definition) is 6. The van der Waals surface area contributed by atoms with Gasteiger partial charge in [-0.1, -0.05) is 12.1 Å². The molecule has 0 saturated heterocycles. The number of esters is 1. The van der Waals surface area contributed by atoms with Crippen LogP contribution in [0.1, 0.15) is 10.5 Å². The average molecular weight is 305 g/mol. The van der Waals surface area contributed by atoms with E-state index < -0.39 is 12.1 Å². The van der Waals surface area contributed by atoms with E-state index in [0.29, 0.717) is 11.4 Å². The number of carbonyl (C=O) groups is 2. The Morgan fingerprint density at radius 3 is 2.50 bits per heavy atom. The van der Waals surface area contributed by atoms with Crippen molar-refractivity contribution in [3.63, 3.8) is 0 Å². The van der Waals surface area contributed by atoms with E-state index in [9.17, 15) is 9.59 Å². The Morgan fingerprint density at radius 2 is 1.86 bits per heavy atom. The quantitative estimate of drug-likeness (QED) is 0.867. The van der Waals surface area contributed by atoms with Crippen molar-refractivity contribution in [3.8, 4) is 11.4 Å². The molecule has 1 aromatic heterocycles. The van der Waals surface area contributed by atoms with Gasteiger partial charge in [0.25, 0.3) is 0 Å². The van der Waals surface area contributed by atoms with Crippen molar-refractivity contribution in [1.29, 1.82) is 0 Å². The highest BCUT2D eigenvalue weighted by Gasteiger charge is 2.20. The van der Waals surface area contributed by atoms with E-state index in [2.05, 4.69) is 15.2 Å². The van der Waals surface area contributed by atoms with E-state index in [1.165, 1.54) is 32.1 Å². The van der Waals surface area contributed by atoms with Gasteiger partial charge in [0.15, 0.2) is 11.5 Å². The van der Waals surface area contributed by atoms with Crippen LogP contribution >= 0.6 is 0 Å². The lowest BCUT2D eigenvalue weighted by molar-refractivity contribution is 0.0590. The SMILES string of the molecule is COC(=O)Nc1cc(C(=O)OC)n(-c2ccccc2OC)n1. The Morgan fingerprint density at radius 1 is 1.14 bits per heavy atom. The number of amides is 1. The highest BCUT2D eigenvalue weighted by atomic mass is 16.5. The van der Waals surface area contributed by atoms with Crippen molar-refractivity contribution >= 4 is 17.9 Å². The molecule has 22 heavy (non-hydrogen) atoms. The fourth-order valence-corrected chi connectivity index (χ4v) is 1.84. The molecule has 8 nitrogen and oxygen atoms in total. The van der Waals surface area contributed by atoms with E-state index in [4.69, 9.17) is 9.47 Å². The van der Waals surface area contributed by atoms with E-state index >= 15 is 0 Å². The van der Waals surface area contributed by atoms with Crippen LogP contribution < -0.4 is 10.1 Å². The minimum atomic E-state index is -0.693. The summed E-state index contributed by atoms with van der Waals surface area (Å²) in [5.41, 5.74) is 0.668. The van der Waals surface area contributed by atoms with Crippen molar-refractivity contribution in [2.24, 2.45) is 0 Å². The van der Waals surface area contributed by atoms with E-state index in [1.807, 2.05) is 0 Å². The highest BCUT2D eigenvalue weighted by molar-refractivity contribution is 5.91. The number of nitrogens with zero attached hydrogens (tertiary/aromatic N) is 2. The fourth-order valence-electron chi connectivity index (χ4n) is 1.84. The molecule has 0 unspecified atom stereocenters. The van der Waals surface area contributed by atoms with Crippen molar-refractivity contribution in [2.45, 2.75) is 0 Å². The summed E-state index contributed by atoms with van der Waals surface area (Å²) in [5.74, 6) is 0.0647. The van der Waals surface area contributed by atoms with Gasteiger partial charge in [-0.15, -0.1) is 5.10 Å². The van der Waals surface area contributed by atoms with Crippen LogP contribution in [-0.4, -0.2) is 43.2 Å². The Bertz CT molecular complexity index is 696. The molecule has 0 aliphatic heterocycles. The first kappa shape index (κ1) is 15.4. The van der Waals surface area contributed by atoms with Gasteiger partial charge in [-0.05, 0) is 12.1 Å². The minimum absolute atomic E-state index is 0.137. The molecule has 8 heteroatoms. The molecule has 0 aliphatic carbocycles. The summed E-state index contributed by atoms with van der Waals surface area (Å²) in [6, 6.07) is 8.39. The van der Waals surface area contributed by atoms with Crippen molar-refractivity contribution < 1.29 is 23.8 Å². The number of rotatable bonds is 4.